The minimum atomic E-state index is -0.0329. The van der Waals surface area contributed by atoms with Gasteiger partial charge in [-0.3, -0.25) is 4.79 Å². The molecule has 2 aliphatic rings. The van der Waals surface area contributed by atoms with Crippen molar-refractivity contribution in [3.63, 3.8) is 0 Å². The Bertz CT molecular complexity index is 1140. The highest BCUT2D eigenvalue weighted by atomic mass is 16.1. The summed E-state index contributed by atoms with van der Waals surface area (Å²) in [4.78, 5) is 20.2. The maximum Gasteiger partial charge on any atom is 0.191 e. The second-order valence-corrected chi connectivity index (χ2v) is 6.48. The fourth-order valence-corrected chi connectivity index (χ4v) is 3.50. The van der Waals surface area contributed by atoms with Crippen LogP contribution in [-0.4, -0.2) is 22.2 Å². The molecular weight excluding hydrogens is 324 g/mol. The van der Waals surface area contributed by atoms with Crippen molar-refractivity contribution in [3.8, 4) is 11.3 Å². The van der Waals surface area contributed by atoms with E-state index in [4.69, 9.17) is 4.98 Å². The monoisotopic (exact) mass is 340 g/mol. The van der Waals surface area contributed by atoms with Crippen molar-refractivity contribution in [1.29, 1.82) is 0 Å². The fourth-order valence-electron chi connectivity index (χ4n) is 3.50. The van der Waals surface area contributed by atoms with Crippen LogP contribution in [0, 0.1) is 5.92 Å². The summed E-state index contributed by atoms with van der Waals surface area (Å²) in [5.41, 5.74) is 7.53. The molecule has 0 radical (unpaired) electrons. The van der Waals surface area contributed by atoms with Crippen molar-refractivity contribution in [3.05, 3.63) is 82.7 Å². The standard InChI is InChI=1S/C21H16N4O/c26-19-8-9-22-21-17(19)11-16(20(24-21)13-4-2-1-3-5-13)14-6-7-18-15(10-14)12-23-25-18/h1-12,15,18,25H,(H,22,24,26). The van der Waals surface area contributed by atoms with Crippen LogP contribution in [0.5, 0.6) is 0 Å². The second-order valence-electron chi connectivity index (χ2n) is 6.48. The predicted octanol–water partition coefficient (Wildman–Crippen LogP) is 3.12. The van der Waals surface area contributed by atoms with Crippen molar-refractivity contribution < 1.29 is 0 Å². The lowest BCUT2D eigenvalue weighted by Gasteiger charge is -2.19. The van der Waals surface area contributed by atoms with Crippen LogP contribution in [0.15, 0.2) is 76.8 Å². The van der Waals surface area contributed by atoms with Crippen LogP contribution in [0.2, 0.25) is 0 Å². The smallest absolute Gasteiger partial charge is 0.191 e. The van der Waals surface area contributed by atoms with Gasteiger partial charge < -0.3 is 10.4 Å². The first-order chi connectivity index (χ1) is 12.8. The largest absolute Gasteiger partial charge is 0.346 e. The van der Waals surface area contributed by atoms with Gasteiger partial charge in [0.05, 0.1) is 17.1 Å². The molecule has 0 amide bonds. The van der Waals surface area contributed by atoms with Crippen LogP contribution in [0.25, 0.3) is 27.9 Å². The third-order valence-electron chi connectivity index (χ3n) is 4.84. The number of nitrogens with one attached hydrogen (secondary N) is 2. The molecule has 2 unspecified atom stereocenters. The Kier molecular flexibility index (Phi) is 3.31. The summed E-state index contributed by atoms with van der Waals surface area (Å²) >= 11 is 0. The SMILES string of the molecule is O=c1cc[nH]c2nc(-c3ccccc3)c(C3=CC4C=NNC4C=C3)cc12. The van der Waals surface area contributed by atoms with Crippen LogP contribution in [-0.2, 0) is 0 Å². The number of aromatic amines is 1. The number of hydrogen-bond acceptors (Lipinski definition) is 4. The molecule has 5 nitrogen and oxygen atoms in total. The van der Waals surface area contributed by atoms with Gasteiger partial charge in [0.1, 0.15) is 5.65 Å². The van der Waals surface area contributed by atoms with Gasteiger partial charge in [0.2, 0.25) is 0 Å². The number of nitrogens with zero attached hydrogens (tertiary/aromatic N) is 2. The highest BCUT2D eigenvalue weighted by Gasteiger charge is 2.24. The number of hydrogen-bond donors (Lipinski definition) is 2. The third-order valence-corrected chi connectivity index (χ3v) is 4.84. The number of H-pyrrole nitrogens is 1. The lowest BCUT2D eigenvalue weighted by molar-refractivity contribution is 0.624. The summed E-state index contributed by atoms with van der Waals surface area (Å²) in [6, 6.07) is 13.7. The minimum absolute atomic E-state index is 0.0329. The second kappa shape index (κ2) is 5.81. The normalized spacial score (nSPS) is 20.7. The number of pyridine rings is 2. The van der Waals surface area contributed by atoms with Crippen molar-refractivity contribution in [2.75, 3.05) is 0 Å². The van der Waals surface area contributed by atoms with Crippen LogP contribution in [0.4, 0.5) is 0 Å². The molecule has 5 rings (SSSR count). The van der Waals surface area contributed by atoms with E-state index in [1.807, 2.05) is 42.6 Å². The average Bonchev–Trinajstić information content (AvgIpc) is 3.16. The quantitative estimate of drug-likeness (QED) is 0.753. The first kappa shape index (κ1) is 14.8. The highest BCUT2D eigenvalue weighted by Crippen LogP contribution is 2.33. The molecule has 5 heteroatoms. The molecule has 26 heavy (non-hydrogen) atoms. The van der Waals surface area contributed by atoms with Gasteiger partial charge in [0.25, 0.3) is 0 Å². The Morgan fingerprint density at radius 2 is 1.96 bits per heavy atom. The molecule has 2 aromatic heterocycles. The van der Waals surface area contributed by atoms with Crippen LogP contribution in [0.1, 0.15) is 5.56 Å². The molecule has 0 fully saturated rings. The van der Waals surface area contributed by atoms with Crippen molar-refractivity contribution in [2.45, 2.75) is 6.04 Å². The van der Waals surface area contributed by atoms with E-state index in [0.717, 1.165) is 22.4 Å². The molecule has 2 N–H and O–H groups in total. The maximum absolute atomic E-state index is 12.3. The van der Waals surface area contributed by atoms with Gasteiger partial charge in [-0.25, -0.2) is 4.98 Å². The van der Waals surface area contributed by atoms with Gasteiger partial charge >= 0.3 is 0 Å². The van der Waals surface area contributed by atoms with Gasteiger partial charge in [-0.2, -0.15) is 5.10 Å². The summed E-state index contributed by atoms with van der Waals surface area (Å²) < 4.78 is 0. The molecule has 3 heterocycles. The molecule has 126 valence electrons. The lowest BCUT2D eigenvalue weighted by atomic mass is 9.88. The molecule has 0 spiro atoms. The zero-order valence-electron chi connectivity index (χ0n) is 13.9. The first-order valence-corrected chi connectivity index (χ1v) is 8.56. The van der Waals surface area contributed by atoms with E-state index in [9.17, 15) is 4.79 Å². The topological polar surface area (TPSA) is 70.1 Å². The Morgan fingerprint density at radius 1 is 1.08 bits per heavy atom. The van der Waals surface area contributed by atoms with Crippen molar-refractivity contribution in [2.24, 2.45) is 11.0 Å². The molecule has 3 aromatic rings. The summed E-state index contributed by atoms with van der Waals surface area (Å²) in [6.07, 6.45) is 9.92. The summed E-state index contributed by atoms with van der Waals surface area (Å²) in [5.74, 6) is 0.211. The van der Waals surface area contributed by atoms with Crippen LogP contribution in [0.3, 0.4) is 0 Å². The zero-order chi connectivity index (χ0) is 17.5. The van der Waals surface area contributed by atoms with Crippen molar-refractivity contribution >= 4 is 22.8 Å². The van der Waals surface area contributed by atoms with E-state index in [1.165, 1.54) is 6.07 Å². The molecule has 1 aromatic carbocycles. The molecule has 2 atom stereocenters. The number of benzene rings is 1. The third kappa shape index (κ3) is 2.37. The highest BCUT2D eigenvalue weighted by molar-refractivity contribution is 5.92. The number of hydrazone groups is 1. The van der Waals surface area contributed by atoms with Gasteiger partial charge in [-0.05, 0) is 11.6 Å². The Labute approximate surface area is 149 Å². The fraction of sp³-hybridized carbons (Fsp3) is 0.0952. The number of fused-ring (bicyclic) bond motifs is 2. The zero-order valence-corrected chi connectivity index (χ0v) is 13.9. The number of aromatic nitrogens is 2. The minimum Gasteiger partial charge on any atom is -0.346 e. The summed E-state index contributed by atoms with van der Waals surface area (Å²) in [5, 5.41) is 4.75. The molecule has 0 saturated carbocycles. The van der Waals surface area contributed by atoms with Gasteiger partial charge in [-0.15, -0.1) is 0 Å². The Morgan fingerprint density at radius 3 is 2.85 bits per heavy atom. The average molecular weight is 340 g/mol. The first-order valence-electron chi connectivity index (χ1n) is 8.56. The van der Waals surface area contributed by atoms with Gasteiger partial charge in [-0.1, -0.05) is 48.6 Å². The summed E-state index contributed by atoms with van der Waals surface area (Å²) in [6.45, 7) is 0. The number of allylic oxidation sites excluding steroid dienone is 2. The van der Waals surface area contributed by atoms with E-state index in [0.29, 0.717) is 11.0 Å². The molecule has 0 bridgehead atoms. The van der Waals surface area contributed by atoms with Crippen LogP contribution < -0.4 is 10.9 Å². The van der Waals surface area contributed by atoms with E-state index >= 15 is 0 Å². The summed E-state index contributed by atoms with van der Waals surface area (Å²) in [7, 11) is 0. The van der Waals surface area contributed by atoms with Crippen molar-refractivity contribution in [1.82, 2.24) is 15.4 Å². The molecular formula is C21H16N4O. The van der Waals surface area contributed by atoms with E-state index in [1.54, 1.807) is 6.20 Å². The Balaban J connectivity index is 1.77. The van der Waals surface area contributed by atoms with Crippen LogP contribution >= 0.6 is 0 Å². The van der Waals surface area contributed by atoms with E-state index < -0.39 is 0 Å². The van der Waals surface area contributed by atoms with E-state index in [-0.39, 0.29) is 17.4 Å². The van der Waals surface area contributed by atoms with Gasteiger partial charge in [0, 0.05) is 35.5 Å². The molecule has 1 aliphatic carbocycles. The Hall–Kier alpha value is -3.47. The predicted molar refractivity (Wildman–Crippen MR) is 104 cm³/mol. The van der Waals surface area contributed by atoms with E-state index in [2.05, 4.69) is 33.7 Å². The molecule has 0 saturated heterocycles. The lowest BCUT2D eigenvalue weighted by Crippen LogP contribution is -2.25. The number of rotatable bonds is 2. The van der Waals surface area contributed by atoms with Gasteiger partial charge in [0.15, 0.2) is 5.43 Å². The molecule has 1 aliphatic heterocycles. The maximum atomic E-state index is 12.3.